The van der Waals surface area contributed by atoms with E-state index in [9.17, 15) is 23.3 Å². The average molecular weight is 290 g/mol. The Bertz CT molecular complexity index is 499. The van der Waals surface area contributed by atoms with Crippen LogP contribution in [0, 0.1) is 10.1 Å². The molecule has 0 aliphatic carbocycles. The highest BCUT2D eigenvalue weighted by molar-refractivity contribution is 5.45. The van der Waals surface area contributed by atoms with Crippen molar-refractivity contribution >= 4 is 5.69 Å². The van der Waals surface area contributed by atoms with Gasteiger partial charge < -0.3 is 10.1 Å². The molecule has 1 saturated heterocycles. The van der Waals surface area contributed by atoms with Crippen molar-refractivity contribution in [1.29, 1.82) is 0 Å². The maximum absolute atomic E-state index is 12.9. The van der Waals surface area contributed by atoms with Crippen LogP contribution in [-0.4, -0.2) is 24.1 Å². The molecule has 110 valence electrons. The fourth-order valence-electron chi connectivity index (χ4n) is 2.07. The van der Waals surface area contributed by atoms with E-state index >= 15 is 0 Å². The molecular weight excluding hydrogens is 277 g/mol. The summed E-state index contributed by atoms with van der Waals surface area (Å²) in [5.74, 6) is -0.378. The molecule has 8 heteroatoms. The van der Waals surface area contributed by atoms with Gasteiger partial charge in [0, 0.05) is 18.2 Å². The van der Waals surface area contributed by atoms with Gasteiger partial charge in [0.25, 0.3) is 5.69 Å². The van der Waals surface area contributed by atoms with Gasteiger partial charge in [-0.15, -0.1) is 0 Å². The standard InChI is InChI=1S/C12H13F3N2O3/c13-12(14,15)10-6-9(17(18)19)3-4-11(10)20-7-8-2-1-5-16-8/h3-4,6,8,16H,1-2,5,7H2. The molecule has 1 heterocycles. The largest absolute Gasteiger partial charge is 0.491 e. The third-order valence-electron chi connectivity index (χ3n) is 3.08. The lowest BCUT2D eigenvalue weighted by atomic mass is 10.1. The van der Waals surface area contributed by atoms with Crippen LogP contribution in [0.1, 0.15) is 18.4 Å². The van der Waals surface area contributed by atoms with Crippen molar-refractivity contribution in [1.82, 2.24) is 5.32 Å². The van der Waals surface area contributed by atoms with Gasteiger partial charge >= 0.3 is 6.18 Å². The third-order valence-corrected chi connectivity index (χ3v) is 3.08. The molecule has 0 radical (unpaired) electrons. The SMILES string of the molecule is O=[N+]([O-])c1ccc(OCC2CCCN2)c(C(F)(F)F)c1. The number of halogens is 3. The first-order chi connectivity index (χ1) is 9.38. The van der Waals surface area contributed by atoms with E-state index in [1.165, 1.54) is 0 Å². The maximum atomic E-state index is 12.9. The van der Waals surface area contributed by atoms with Crippen molar-refractivity contribution in [3.63, 3.8) is 0 Å². The van der Waals surface area contributed by atoms with Gasteiger partial charge in [0.15, 0.2) is 0 Å². The van der Waals surface area contributed by atoms with Crippen LogP contribution < -0.4 is 10.1 Å². The minimum absolute atomic E-state index is 0.0197. The van der Waals surface area contributed by atoms with E-state index in [1.54, 1.807) is 0 Å². The molecule has 1 aliphatic rings. The summed E-state index contributed by atoms with van der Waals surface area (Å²) in [5.41, 5.74) is -1.73. The van der Waals surface area contributed by atoms with E-state index in [4.69, 9.17) is 4.74 Å². The molecule has 0 bridgehead atoms. The average Bonchev–Trinajstić information content (AvgIpc) is 2.88. The number of hydrogen-bond acceptors (Lipinski definition) is 4. The summed E-state index contributed by atoms with van der Waals surface area (Å²) in [6, 6.07) is 2.52. The van der Waals surface area contributed by atoms with Gasteiger partial charge in [-0.3, -0.25) is 10.1 Å². The Morgan fingerprint density at radius 1 is 1.45 bits per heavy atom. The highest BCUT2D eigenvalue weighted by Crippen LogP contribution is 2.38. The monoisotopic (exact) mass is 290 g/mol. The fraction of sp³-hybridized carbons (Fsp3) is 0.500. The Labute approximate surface area is 112 Å². The number of rotatable bonds is 4. The van der Waals surface area contributed by atoms with E-state index in [1.807, 2.05) is 0 Å². The van der Waals surface area contributed by atoms with Crippen molar-refractivity contribution in [3.05, 3.63) is 33.9 Å². The molecule has 1 unspecified atom stereocenters. The predicted molar refractivity (Wildman–Crippen MR) is 64.6 cm³/mol. The van der Waals surface area contributed by atoms with Crippen LogP contribution in [0.25, 0.3) is 0 Å². The van der Waals surface area contributed by atoms with Gasteiger partial charge in [-0.1, -0.05) is 0 Å². The van der Waals surface area contributed by atoms with Crippen molar-refractivity contribution in [2.75, 3.05) is 13.2 Å². The molecule has 20 heavy (non-hydrogen) atoms. The van der Waals surface area contributed by atoms with Gasteiger partial charge in [0.1, 0.15) is 17.9 Å². The number of nitrogens with one attached hydrogen (secondary N) is 1. The van der Waals surface area contributed by atoms with Gasteiger partial charge in [-0.05, 0) is 25.5 Å². The van der Waals surface area contributed by atoms with E-state index in [0.717, 1.165) is 31.5 Å². The van der Waals surface area contributed by atoms with Gasteiger partial charge in [0.05, 0.1) is 4.92 Å². The number of ether oxygens (including phenoxy) is 1. The smallest absolute Gasteiger partial charge is 0.420 e. The molecule has 0 spiro atoms. The van der Waals surface area contributed by atoms with Gasteiger partial charge in [0.2, 0.25) is 0 Å². The molecule has 1 aromatic rings. The van der Waals surface area contributed by atoms with Crippen LogP contribution in [0.5, 0.6) is 5.75 Å². The molecule has 1 N–H and O–H groups in total. The Morgan fingerprint density at radius 2 is 2.20 bits per heavy atom. The molecule has 0 aromatic heterocycles. The van der Waals surface area contributed by atoms with E-state index in [0.29, 0.717) is 6.07 Å². The van der Waals surface area contributed by atoms with Crippen molar-refractivity contribution < 1.29 is 22.8 Å². The molecule has 0 amide bonds. The van der Waals surface area contributed by atoms with E-state index in [2.05, 4.69) is 5.32 Å². The van der Waals surface area contributed by atoms with Crippen LogP contribution in [0.2, 0.25) is 0 Å². The highest BCUT2D eigenvalue weighted by Gasteiger charge is 2.36. The lowest BCUT2D eigenvalue weighted by molar-refractivity contribution is -0.385. The summed E-state index contributed by atoms with van der Waals surface area (Å²) in [5, 5.41) is 13.6. The maximum Gasteiger partial charge on any atom is 0.420 e. The molecule has 0 saturated carbocycles. The number of alkyl halides is 3. The summed E-state index contributed by atoms with van der Waals surface area (Å²) in [6.45, 7) is 0.932. The van der Waals surface area contributed by atoms with Crippen molar-refractivity contribution in [3.8, 4) is 5.75 Å². The normalized spacial score (nSPS) is 19.1. The molecule has 1 fully saturated rings. The Balaban J connectivity index is 2.19. The molecule has 1 aromatic carbocycles. The van der Waals surface area contributed by atoms with Crippen LogP contribution in [0.4, 0.5) is 18.9 Å². The topological polar surface area (TPSA) is 64.4 Å². The summed E-state index contributed by atoms with van der Waals surface area (Å²) in [7, 11) is 0. The predicted octanol–water partition coefficient (Wildman–Crippen LogP) is 2.74. The van der Waals surface area contributed by atoms with Crippen LogP contribution >= 0.6 is 0 Å². The molecule has 2 rings (SSSR count). The number of non-ortho nitro benzene ring substituents is 1. The lowest BCUT2D eigenvalue weighted by Crippen LogP contribution is -2.28. The number of nitrogens with zero attached hydrogens (tertiary/aromatic N) is 1. The van der Waals surface area contributed by atoms with Crippen LogP contribution in [-0.2, 0) is 6.18 Å². The van der Waals surface area contributed by atoms with Crippen molar-refractivity contribution in [2.45, 2.75) is 25.1 Å². The Kier molecular flexibility index (Phi) is 4.12. The first kappa shape index (κ1) is 14.6. The summed E-state index contributed by atoms with van der Waals surface area (Å²) in [4.78, 5) is 9.68. The molecule has 1 atom stereocenters. The summed E-state index contributed by atoms with van der Waals surface area (Å²) in [6.07, 6.45) is -2.89. The number of nitro benzene ring substituents is 1. The van der Waals surface area contributed by atoms with Gasteiger partial charge in [-0.25, -0.2) is 0 Å². The first-order valence-corrected chi connectivity index (χ1v) is 6.10. The lowest BCUT2D eigenvalue weighted by Gasteiger charge is -2.16. The second-order valence-electron chi connectivity index (χ2n) is 4.54. The molecular formula is C12H13F3N2O3. The second kappa shape index (κ2) is 5.66. The number of benzene rings is 1. The highest BCUT2D eigenvalue weighted by atomic mass is 19.4. The molecule has 1 aliphatic heterocycles. The fourth-order valence-corrected chi connectivity index (χ4v) is 2.07. The minimum Gasteiger partial charge on any atom is -0.491 e. The quantitative estimate of drug-likeness (QED) is 0.684. The van der Waals surface area contributed by atoms with E-state index in [-0.39, 0.29) is 18.4 Å². The zero-order valence-corrected chi connectivity index (χ0v) is 10.4. The second-order valence-corrected chi connectivity index (χ2v) is 4.54. The zero-order valence-electron chi connectivity index (χ0n) is 10.4. The summed E-state index contributed by atoms with van der Waals surface area (Å²) >= 11 is 0. The van der Waals surface area contributed by atoms with Crippen molar-refractivity contribution in [2.24, 2.45) is 0 Å². The Morgan fingerprint density at radius 3 is 2.75 bits per heavy atom. The van der Waals surface area contributed by atoms with Gasteiger partial charge in [-0.2, -0.15) is 13.2 Å². The van der Waals surface area contributed by atoms with Crippen LogP contribution in [0.15, 0.2) is 18.2 Å². The third kappa shape index (κ3) is 3.38. The first-order valence-electron chi connectivity index (χ1n) is 6.10. The van der Waals surface area contributed by atoms with Crippen LogP contribution in [0.3, 0.4) is 0 Å². The Hall–Kier alpha value is -1.83. The number of hydrogen-bond donors (Lipinski definition) is 1. The minimum atomic E-state index is -4.69. The summed E-state index contributed by atoms with van der Waals surface area (Å²) < 4.78 is 43.8. The van der Waals surface area contributed by atoms with E-state index < -0.39 is 22.4 Å². The molecule has 5 nitrogen and oxygen atoms in total. The zero-order chi connectivity index (χ0) is 14.8. The number of nitro groups is 1.